The predicted octanol–water partition coefficient (Wildman–Crippen LogP) is 3.35. The molecule has 2 unspecified atom stereocenters. The monoisotopic (exact) mass is 448 g/mol. The maximum atomic E-state index is 13.1. The molecule has 3 fully saturated rings. The first-order chi connectivity index (χ1) is 12.6. The summed E-state index contributed by atoms with van der Waals surface area (Å²) in [5.74, 6) is 1.78. The zero-order chi connectivity index (χ0) is 18.1. The second-order valence-electron chi connectivity index (χ2n) is 8.38. The van der Waals surface area contributed by atoms with Crippen molar-refractivity contribution in [2.45, 2.75) is 58.0 Å². The van der Waals surface area contributed by atoms with Crippen molar-refractivity contribution in [1.82, 2.24) is 14.8 Å². The fourth-order valence-corrected chi connectivity index (χ4v) is 5.92. The number of carbonyl (C=O) groups excluding carboxylic acids is 1. The molecule has 1 saturated heterocycles. The Kier molecular flexibility index (Phi) is 9.02. The molecule has 8 heteroatoms. The summed E-state index contributed by atoms with van der Waals surface area (Å²) in [6, 6.07) is 0.343. The number of piperazine rings is 1. The van der Waals surface area contributed by atoms with Gasteiger partial charge < -0.3 is 10.6 Å². The summed E-state index contributed by atoms with van der Waals surface area (Å²) in [5, 5.41) is 3.40. The van der Waals surface area contributed by atoms with Crippen molar-refractivity contribution >= 4 is 42.1 Å². The van der Waals surface area contributed by atoms with Crippen molar-refractivity contribution in [3.8, 4) is 0 Å². The van der Waals surface area contributed by atoms with E-state index in [1.54, 1.807) is 11.3 Å². The first-order valence-electron chi connectivity index (χ1n) is 10.3. The van der Waals surface area contributed by atoms with Gasteiger partial charge in [0.1, 0.15) is 0 Å². The van der Waals surface area contributed by atoms with Crippen LogP contribution in [0.2, 0.25) is 0 Å². The average molecular weight is 449 g/mol. The van der Waals surface area contributed by atoms with Crippen LogP contribution >= 0.6 is 36.2 Å². The third-order valence-electron chi connectivity index (χ3n) is 6.73. The van der Waals surface area contributed by atoms with Crippen molar-refractivity contribution < 1.29 is 4.79 Å². The highest BCUT2D eigenvalue weighted by atomic mass is 35.5. The Balaban J connectivity index is 0.00000140. The van der Waals surface area contributed by atoms with Crippen molar-refractivity contribution in [3.63, 3.8) is 0 Å². The molecule has 2 N–H and O–H groups in total. The number of nitrogens with two attached hydrogens (primary N) is 1. The first-order valence-corrected chi connectivity index (χ1v) is 11.2. The number of aryl methyl sites for hydroxylation is 1. The van der Waals surface area contributed by atoms with Gasteiger partial charge in [0.05, 0.1) is 10.7 Å². The largest absolute Gasteiger partial charge is 0.340 e. The molecule has 160 valence electrons. The summed E-state index contributed by atoms with van der Waals surface area (Å²) in [7, 11) is 0. The molecule has 1 aromatic heterocycles. The molecule has 1 aromatic rings. The van der Waals surface area contributed by atoms with Gasteiger partial charge in [0.15, 0.2) is 0 Å². The number of fused-ring (bicyclic) bond motifs is 2. The normalized spacial score (nSPS) is 30.3. The van der Waals surface area contributed by atoms with Gasteiger partial charge in [-0.05, 0) is 43.9 Å². The van der Waals surface area contributed by atoms with Crippen LogP contribution in [0.3, 0.4) is 0 Å². The van der Waals surface area contributed by atoms with Crippen LogP contribution in [0.1, 0.15) is 49.7 Å². The molecule has 2 atom stereocenters. The highest BCUT2D eigenvalue weighted by Crippen LogP contribution is 2.42. The van der Waals surface area contributed by atoms with Crippen LogP contribution < -0.4 is 5.73 Å². The Bertz CT molecular complexity index is 621. The number of halogens is 2. The minimum atomic E-state index is 0. The van der Waals surface area contributed by atoms with E-state index in [0.29, 0.717) is 23.8 Å². The summed E-state index contributed by atoms with van der Waals surface area (Å²) in [6.07, 6.45) is 6.81. The molecule has 0 spiro atoms. The summed E-state index contributed by atoms with van der Waals surface area (Å²) in [5.41, 5.74) is 7.57. The van der Waals surface area contributed by atoms with Crippen LogP contribution in [0.25, 0.3) is 0 Å². The van der Waals surface area contributed by atoms with Crippen LogP contribution in [0.15, 0.2) is 5.38 Å². The van der Waals surface area contributed by atoms with Gasteiger partial charge >= 0.3 is 0 Å². The molecule has 2 saturated carbocycles. The molecule has 2 heterocycles. The Labute approximate surface area is 185 Å². The van der Waals surface area contributed by atoms with Gasteiger partial charge in [-0.3, -0.25) is 9.69 Å². The summed E-state index contributed by atoms with van der Waals surface area (Å²) in [4.78, 5) is 22.3. The highest BCUT2D eigenvalue weighted by Gasteiger charge is 2.41. The minimum absolute atomic E-state index is 0. The minimum Gasteiger partial charge on any atom is -0.340 e. The molecular weight excluding hydrogens is 415 g/mol. The SMILES string of the molecule is CCc1nc(CN2CCN(C(=O)C3CC4CCCC(C3)C4N)CC2)cs1.Cl.Cl. The van der Waals surface area contributed by atoms with Gasteiger partial charge in [0.2, 0.25) is 5.91 Å². The molecule has 3 aliphatic rings. The number of hydrogen-bond donors (Lipinski definition) is 1. The Morgan fingerprint density at radius 3 is 2.39 bits per heavy atom. The molecule has 0 aromatic carbocycles. The third-order valence-corrected chi connectivity index (χ3v) is 7.78. The van der Waals surface area contributed by atoms with Crippen molar-refractivity contribution in [3.05, 3.63) is 16.1 Å². The standard InChI is InChI=1S/C20H32N4OS.2ClH/c1-2-18-22-17(13-26-18)12-23-6-8-24(9-7-23)20(25)16-10-14-4-3-5-15(11-16)19(14)21;;/h13-16,19H,2-12,21H2,1H3;2*1H. The molecule has 28 heavy (non-hydrogen) atoms. The molecular formula is C20H34Cl2N4OS. The Hall–Kier alpha value is -0.400. The van der Waals surface area contributed by atoms with E-state index in [-0.39, 0.29) is 30.7 Å². The molecule has 5 nitrogen and oxygen atoms in total. The zero-order valence-corrected chi connectivity index (χ0v) is 19.2. The topological polar surface area (TPSA) is 62.5 Å². The van der Waals surface area contributed by atoms with Gasteiger partial charge in [-0.15, -0.1) is 36.2 Å². The van der Waals surface area contributed by atoms with Gasteiger partial charge in [-0.1, -0.05) is 13.3 Å². The Morgan fingerprint density at radius 1 is 1.18 bits per heavy atom. The van der Waals surface area contributed by atoms with Crippen LogP contribution in [-0.4, -0.2) is 52.9 Å². The van der Waals surface area contributed by atoms with Gasteiger partial charge in [0.25, 0.3) is 0 Å². The van der Waals surface area contributed by atoms with Crippen LogP contribution in [0.4, 0.5) is 0 Å². The van der Waals surface area contributed by atoms with Crippen molar-refractivity contribution in [1.29, 1.82) is 0 Å². The number of rotatable bonds is 4. The Morgan fingerprint density at radius 2 is 1.82 bits per heavy atom. The van der Waals surface area contributed by atoms with Gasteiger partial charge in [-0.2, -0.15) is 0 Å². The number of aromatic nitrogens is 1. The fraction of sp³-hybridized carbons (Fsp3) is 0.800. The number of carbonyl (C=O) groups is 1. The van der Waals surface area contributed by atoms with Crippen molar-refractivity contribution in [2.24, 2.45) is 23.5 Å². The second kappa shape index (κ2) is 10.6. The van der Waals surface area contributed by atoms with Gasteiger partial charge in [-0.25, -0.2) is 4.98 Å². The fourth-order valence-electron chi connectivity index (χ4n) is 5.19. The number of thiazole rings is 1. The lowest BCUT2D eigenvalue weighted by Crippen LogP contribution is -2.53. The molecule has 1 amide bonds. The van der Waals surface area contributed by atoms with Crippen molar-refractivity contribution in [2.75, 3.05) is 26.2 Å². The molecule has 2 aliphatic carbocycles. The number of amides is 1. The van der Waals surface area contributed by atoms with E-state index in [1.807, 2.05) is 0 Å². The highest BCUT2D eigenvalue weighted by molar-refractivity contribution is 7.09. The van der Waals surface area contributed by atoms with E-state index in [1.165, 1.54) is 30.0 Å². The predicted molar refractivity (Wildman–Crippen MR) is 119 cm³/mol. The average Bonchev–Trinajstić information content (AvgIpc) is 3.09. The zero-order valence-electron chi connectivity index (χ0n) is 16.7. The smallest absolute Gasteiger partial charge is 0.225 e. The number of hydrogen-bond acceptors (Lipinski definition) is 5. The second-order valence-corrected chi connectivity index (χ2v) is 9.33. The van der Waals surface area contributed by atoms with E-state index in [4.69, 9.17) is 5.73 Å². The van der Waals surface area contributed by atoms with Crippen LogP contribution in [0.5, 0.6) is 0 Å². The maximum Gasteiger partial charge on any atom is 0.225 e. The third kappa shape index (κ3) is 5.20. The summed E-state index contributed by atoms with van der Waals surface area (Å²) >= 11 is 1.76. The molecule has 1 aliphatic heterocycles. The molecule has 2 bridgehead atoms. The lowest BCUT2D eigenvalue weighted by atomic mass is 9.65. The number of nitrogens with zero attached hydrogens (tertiary/aromatic N) is 3. The van der Waals surface area contributed by atoms with E-state index >= 15 is 0 Å². The van der Waals surface area contributed by atoms with Gasteiger partial charge in [0, 0.05) is 50.1 Å². The van der Waals surface area contributed by atoms with Crippen LogP contribution in [0, 0.1) is 17.8 Å². The molecule has 0 radical (unpaired) electrons. The summed E-state index contributed by atoms with van der Waals surface area (Å²) in [6.45, 7) is 6.72. The maximum absolute atomic E-state index is 13.1. The van der Waals surface area contributed by atoms with E-state index in [0.717, 1.165) is 52.0 Å². The summed E-state index contributed by atoms with van der Waals surface area (Å²) < 4.78 is 0. The lowest BCUT2D eigenvalue weighted by molar-refractivity contribution is -0.140. The van der Waals surface area contributed by atoms with E-state index in [2.05, 4.69) is 27.1 Å². The van der Waals surface area contributed by atoms with E-state index < -0.39 is 0 Å². The van der Waals surface area contributed by atoms with E-state index in [9.17, 15) is 4.79 Å². The first kappa shape index (κ1) is 23.9. The quantitative estimate of drug-likeness (QED) is 0.766. The lowest BCUT2D eigenvalue weighted by Gasteiger charge is -2.45. The molecule has 4 rings (SSSR count). The van der Waals surface area contributed by atoms with Crippen LogP contribution in [-0.2, 0) is 17.8 Å².